The quantitative estimate of drug-likeness (QED) is 0.784. The van der Waals surface area contributed by atoms with E-state index in [4.69, 9.17) is 4.74 Å². The normalized spacial score (nSPS) is 26.6. The lowest BCUT2D eigenvalue weighted by Gasteiger charge is -2.32. The monoisotopic (exact) mass is 237 g/mol. The highest BCUT2D eigenvalue weighted by molar-refractivity contribution is 7.10. The van der Waals surface area contributed by atoms with Gasteiger partial charge in [0, 0.05) is 17.8 Å². The molecule has 2 nitrogen and oxygen atoms in total. The lowest BCUT2D eigenvalue weighted by Crippen LogP contribution is -2.35. The van der Waals surface area contributed by atoms with E-state index in [0.29, 0.717) is 6.10 Å². The maximum atomic E-state index is 5.93. The van der Waals surface area contributed by atoms with Gasteiger partial charge in [-0.05, 0) is 42.9 Å². The molecule has 0 spiro atoms. The Balaban J connectivity index is 1.67. The molecule has 1 aromatic heterocycles. The number of likely N-dealkylation sites (tertiary alicyclic amines) is 1. The Bertz CT molecular complexity index is 343. The molecule has 0 unspecified atom stereocenters. The molecule has 1 fully saturated rings. The van der Waals surface area contributed by atoms with Crippen LogP contribution in [0.2, 0.25) is 0 Å². The Morgan fingerprint density at radius 1 is 1.31 bits per heavy atom. The van der Waals surface area contributed by atoms with Crippen LogP contribution in [0.25, 0.3) is 0 Å². The van der Waals surface area contributed by atoms with Crippen LogP contribution in [0.5, 0.6) is 0 Å². The average Bonchev–Trinajstić information content (AvgIpc) is 2.80. The van der Waals surface area contributed by atoms with Crippen molar-refractivity contribution in [2.24, 2.45) is 0 Å². The van der Waals surface area contributed by atoms with E-state index < -0.39 is 0 Å². The van der Waals surface area contributed by atoms with E-state index in [9.17, 15) is 0 Å². The van der Waals surface area contributed by atoms with Crippen molar-refractivity contribution in [3.8, 4) is 0 Å². The van der Waals surface area contributed by atoms with Gasteiger partial charge in [0.05, 0.1) is 12.7 Å². The average molecular weight is 237 g/mol. The van der Waals surface area contributed by atoms with Gasteiger partial charge in [0.1, 0.15) is 0 Å². The summed E-state index contributed by atoms with van der Waals surface area (Å²) in [6, 6.07) is 2.26. The van der Waals surface area contributed by atoms with Gasteiger partial charge < -0.3 is 9.64 Å². The van der Waals surface area contributed by atoms with E-state index in [1.807, 2.05) is 11.3 Å². The van der Waals surface area contributed by atoms with E-state index in [1.165, 1.54) is 37.9 Å². The van der Waals surface area contributed by atoms with Crippen molar-refractivity contribution < 1.29 is 4.74 Å². The summed E-state index contributed by atoms with van der Waals surface area (Å²) in [6.07, 6.45) is 5.59. The summed E-state index contributed by atoms with van der Waals surface area (Å²) in [5.41, 5.74) is 1.46. The summed E-state index contributed by atoms with van der Waals surface area (Å²) in [5, 5.41) is 2.21. The van der Waals surface area contributed by atoms with Gasteiger partial charge in [0.15, 0.2) is 0 Å². The molecule has 3 rings (SSSR count). The first-order chi connectivity index (χ1) is 7.93. The summed E-state index contributed by atoms with van der Waals surface area (Å²) in [5.74, 6) is 0. The summed E-state index contributed by atoms with van der Waals surface area (Å²) in [7, 11) is 0. The van der Waals surface area contributed by atoms with Crippen LogP contribution in [0.1, 0.15) is 35.8 Å². The van der Waals surface area contributed by atoms with Gasteiger partial charge in [0.2, 0.25) is 0 Å². The minimum Gasteiger partial charge on any atom is -0.372 e. The Hall–Kier alpha value is -0.380. The highest BCUT2D eigenvalue weighted by atomic mass is 32.1. The second-order valence-electron chi connectivity index (χ2n) is 4.77. The Morgan fingerprint density at radius 2 is 2.19 bits per heavy atom. The molecular formula is C13H19NOS. The van der Waals surface area contributed by atoms with Crippen molar-refractivity contribution in [3.05, 3.63) is 21.9 Å². The molecule has 0 bridgehead atoms. The van der Waals surface area contributed by atoms with Crippen molar-refractivity contribution in [1.82, 2.24) is 4.90 Å². The van der Waals surface area contributed by atoms with E-state index in [0.717, 1.165) is 19.6 Å². The van der Waals surface area contributed by atoms with Crippen molar-refractivity contribution >= 4 is 11.3 Å². The number of piperidine rings is 1. The molecule has 0 aliphatic carbocycles. The van der Waals surface area contributed by atoms with Gasteiger partial charge in [-0.15, -0.1) is 11.3 Å². The van der Waals surface area contributed by atoms with Crippen molar-refractivity contribution in [2.75, 3.05) is 26.2 Å². The zero-order valence-electron chi connectivity index (χ0n) is 9.65. The second kappa shape index (κ2) is 4.86. The topological polar surface area (TPSA) is 12.5 Å². The van der Waals surface area contributed by atoms with Crippen LogP contribution in [0.4, 0.5) is 0 Å². The second-order valence-corrected chi connectivity index (χ2v) is 5.77. The minimum absolute atomic E-state index is 0.341. The molecule has 3 heteroatoms. The number of hydrogen-bond donors (Lipinski definition) is 0. The van der Waals surface area contributed by atoms with E-state index in [-0.39, 0.29) is 0 Å². The third-order valence-electron chi connectivity index (χ3n) is 3.65. The lowest BCUT2D eigenvalue weighted by molar-refractivity contribution is 0.0132. The fraction of sp³-hybridized carbons (Fsp3) is 0.692. The first-order valence-electron chi connectivity index (χ1n) is 6.34. The van der Waals surface area contributed by atoms with Gasteiger partial charge in [-0.25, -0.2) is 0 Å². The molecule has 2 aliphatic rings. The SMILES string of the molecule is c1cc2c(s1)CCO[C@H]2CN1CCCCC1. The van der Waals surface area contributed by atoms with Crippen LogP contribution in [-0.4, -0.2) is 31.1 Å². The van der Waals surface area contributed by atoms with E-state index in [1.54, 1.807) is 4.88 Å². The van der Waals surface area contributed by atoms with E-state index >= 15 is 0 Å². The van der Waals surface area contributed by atoms with Crippen molar-refractivity contribution in [3.63, 3.8) is 0 Å². The molecule has 0 saturated carbocycles. The molecule has 16 heavy (non-hydrogen) atoms. The van der Waals surface area contributed by atoms with Crippen LogP contribution in [0.3, 0.4) is 0 Å². The molecule has 0 aromatic carbocycles. The number of fused-ring (bicyclic) bond motifs is 1. The molecule has 0 radical (unpaired) electrons. The standard InChI is InChI=1S/C13H19NOS/c1-2-6-14(7-3-1)10-12-11-5-9-16-13(11)4-8-15-12/h5,9,12H,1-4,6-8,10H2/t12-/m0/s1. The molecular weight excluding hydrogens is 218 g/mol. The molecule has 1 saturated heterocycles. The molecule has 1 aromatic rings. The molecule has 1 atom stereocenters. The third-order valence-corrected chi connectivity index (χ3v) is 4.64. The molecule has 2 aliphatic heterocycles. The van der Waals surface area contributed by atoms with Gasteiger partial charge in [-0.3, -0.25) is 0 Å². The highest BCUT2D eigenvalue weighted by Crippen LogP contribution is 2.31. The molecule has 3 heterocycles. The van der Waals surface area contributed by atoms with Crippen molar-refractivity contribution in [1.29, 1.82) is 0 Å². The summed E-state index contributed by atoms with van der Waals surface area (Å²) in [6.45, 7) is 4.54. The van der Waals surface area contributed by atoms with Gasteiger partial charge >= 0.3 is 0 Å². The van der Waals surface area contributed by atoms with Crippen LogP contribution < -0.4 is 0 Å². The fourth-order valence-corrected chi connectivity index (χ4v) is 3.67. The maximum absolute atomic E-state index is 5.93. The van der Waals surface area contributed by atoms with Crippen LogP contribution in [0, 0.1) is 0 Å². The smallest absolute Gasteiger partial charge is 0.0962 e. The Kier molecular flexibility index (Phi) is 3.27. The third kappa shape index (κ3) is 2.17. The number of nitrogens with zero attached hydrogens (tertiary/aromatic N) is 1. The number of thiophene rings is 1. The summed E-state index contributed by atoms with van der Waals surface area (Å²) in [4.78, 5) is 4.12. The number of hydrogen-bond acceptors (Lipinski definition) is 3. The first kappa shape index (κ1) is 10.8. The Morgan fingerprint density at radius 3 is 3.06 bits per heavy atom. The van der Waals surface area contributed by atoms with Crippen LogP contribution >= 0.6 is 11.3 Å². The van der Waals surface area contributed by atoms with Gasteiger partial charge in [0.25, 0.3) is 0 Å². The summed E-state index contributed by atoms with van der Waals surface area (Å²) >= 11 is 1.89. The predicted octanol–water partition coefficient (Wildman–Crippen LogP) is 2.85. The van der Waals surface area contributed by atoms with Gasteiger partial charge in [-0.2, -0.15) is 0 Å². The Labute approximate surface area is 101 Å². The number of ether oxygens (including phenoxy) is 1. The maximum Gasteiger partial charge on any atom is 0.0962 e. The molecule has 0 amide bonds. The van der Waals surface area contributed by atoms with Crippen LogP contribution in [0.15, 0.2) is 11.4 Å². The minimum atomic E-state index is 0.341. The van der Waals surface area contributed by atoms with Crippen LogP contribution in [-0.2, 0) is 11.2 Å². The highest BCUT2D eigenvalue weighted by Gasteiger charge is 2.24. The van der Waals surface area contributed by atoms with E-state index in [2.05, 4.69) is 16.3 Å². The summed E-state index contributed by atoms with van der Waals surface area (Å²) < 4.78 is 5.93. The largest absolute Gasteiger partial charge is 0.372 e. The van der Waals surface area contributed by atoms with Crippen molar-refractivity contribution in [2.45, 2.75) is 31.8 Å². The predicted molar refractivity (Wildman–Crippen MR) is 67.0 cm³/mol. The first-order valence-corrected chi connectivity index (χ1v) is 7.22. The zero-order valence-corrected chi connectivity index (χ0v) is 10.5. The van der Waals surface area contributed by atoms with Gasteiger partial charge in [-0.1, -0.05) is 6.42 Å². The number of rotatable bonds is 2. The zero-order chi connectivity index (χ0) is 10.8. The molecule has 88 valence electrons. The molecule has 0 N–H and O–H groups in total. The lowest BCUT2D eigenvalue weighted by atomic mass is 10.0. The fourth-order valence-electron chi connectivity index (χ4n) is 2.75.